The third-order valence-electron chi connectivity index (χ3n) is 12.9. The summed E-state index contributed by atoms with van der Waals surface area (Å²) in [4.78, 5) is 79.9. The van der Waals surface area contributed by atoms with Gasteiger partial charge < -0.3 is 31.0 Å². The zero-order chi connectivity index (χ0) is 45.5. The number of aryl methyl sites for hydroxylation is 4. The Hall–Kier alpha value is -5.68. The maximum absolute atomic E-state index is 13.8. The maximum Gasteiger partial charge on any atom is 0.329 e. The Morgan fingerprint density at radius 1 is 0.828 bits per heavy atom. The lowest BCUT2D eigenvalue weighted by molar-refractivity contribution is -0.149. The summed E-state index contributed by atoms with van der Waals surface area (Å²) in [6.07, 6.45) is 5.15. The Balaban J connectivity index is 0.803. The first-order valence-electron chi connectivity index (χ1n) is 22.5. The van der Waals surface area contributed by atoms with Crippen LogP contribution in [-0.4, -0.2) is 101 Å². The van der Waals surface area contributed by atoms with Crippen LogP contribution in [0.3, 0.4) is 0 Å². The highest BCUT2D eigenvalue weighted by atomic mass is 16.5. The molecule has 1 unspecified atom stereocenters. The summed E-state index contributed by atoms with van der Waals surface area (Å²) in [5.74, 6) is -1.63. The lowest BCUT2D eigenvalue weighted by Gasteiger charge is -2.30. The average molecular weight is 880 g/mol. The van der Waals surface area contributed by atoms with Gasteiger partial charge in [-0.1, -0.05) is 54.6 Å². The van der Waals surface area contributed by atoms with Crippen molar-refractivity contribution < 1.29 is 38.2 Å². The van der Waals surface area contributed by atoms with Gasteiger partial charge in [-0.15, -0.1) is 0 Å². The molecule has 3 aliphatic heterocycles. The number of carbonyl (C=O) groups is 5. The molecule has 0 spiro atoms. The van der Waals surface area contributed by atoms with E-state index in [1.54, 1.807) is 16.5 Å². The molecule has 5 atom stereocenters. The van der Waals surface area contributed by atoms with Crippen LogP contribution in [0.15, 0.2) is 65.5 Å². The average Bonchev–Trinajstić information content (AvgIpc) is 3.76. The number of nitrogens with two attached hydrogens (primary N) is 2. The summed E-state index contributed by atoms with van der Waals surface area (Å²) in [5, 5.41) is 3.08. The molecule has 0 saturated carbocycles. The predicted octanol–water partition coefficient (Wildman–Crippen LogP) is 3.15. The van der Waals surface area contributed by atoms with Crippen molar-refractivity contribution in [3.8, 4) is 0 Å². The Bertz CT molecular complexity index is 2410. The van der Waals surface area contributed by atoms with Crippen molar-refractivity contribution in [3.05, 3.63) is 99.0 Å². The minimum Gasteiger partial charge on any atom is -0.379 e. The van der Waals surface area contributed by atoms with Gasteiger partial charge in [0.2, 0.25) is 23.6 Å². The van der Waals surface area contributed by atoms with Crippen LogP contribution in [0.5, 0.6) is 0 Å². The number of aromatic nitrogens is 2. The smallest absolute Gasteiger partial charge is 0.329 e. The Kier molecular flexibility index (Phi) is 15.1. The minimum absolute atomic E-state index is 0.0726. The minimum atomic E-state index is -0.743. The van der Waals surface area contributed by atoms with E-state index >= 15 is 0 Å². The second-order valence-electron chi connectivity index (χ2n) is 17.2. The van der Waals surface area contributed by atoms with E-state index in [9.17, 15) is 28.8 Å². The topological polar surface area (TPSA) is 211 Å². The van der Waals surface area contributed by atoms with Gasteiger partial charge in [-0.05, 0) is 92.2 Å². The summed E-state index contributed by atoms with van der Waals surface area (Å²) < 4.78 is 21.0. The molecule has 0 aliphatic carbocycles. The van der Waals surface area contributed by atoms with Crippen LogP contribution in [0.2, 0.25) is 0 Å². The summed E-state index contributed by atoms with van der Waals surface area (Å²) in [6, 6.07) is 17.2. The fourth-order valence-corrected chi connectivity index (χ4v) is 9.23. The number of amides is 5. The van der Waals surface area contributed by atoms with Gasteiger partial charge in [0.05, 0.1) is 54.7 Å². The molecular weight excluding hydrogens is 819 g/mol. The number of piperidine rings is 1. The third-order valence-corrected chi connectivity index (χ3v) is 12.9. The number of primary amides is 1. The molecule has 64 heavy (non-hydrogen) atoms. The van der Waals surface area contributed by atoms with E-state index in [1.165, 1.54) is 17.2 Å². The maximum atomic E-state index is 13.8. The number of hydrogen-bond donors (Lipinski definition) is 3. The molecule has 342 valence electrons. The van der Waals surface area contributed by atoms with Crippen LogP contribution in [-0.2, 0) is 77.5 Å². The van der Waals surface area contributed by atoms with Crippen LogP contribution in [0.1, 0.15) is 85.7 Å². The Morgan fingerprint density at radius 3 is 2.25 bits per heavy atom. The van der Waals surface area contributed by atoms with E-state index in [0.717, 1.165) is 57.6 Å². The van der Waals surface area contributed by atoms with Crippen molar-refractivity contribution in [3.63, 3.8) is 0 Å². The zero-order valence-corrected chi connectivity index (χ0v) is 37.1. The molecule has 4 heterocycles. The third kappa shape index (κ3) is 10.3. The van der Waals surface area contributed by atoms with E-state index in [4.69, 9.17) is 25.7 Å². The summed E-state index contributed by atoms with van der Waals surface area (Å²) in [6.45, 7) is 4.25. The molecular formula is C48H61N7O9. The fourth-order valence-electron chi connectivity index (χ4n) is 9.23. The number of carbonyl (C=O) groups excluding carboxylic acids is 5. The van der Waals surface area contributed by atoms with Crippen molar-refractivity contribution in [1.82, 2.24) is 19.4 Å². The standard InChI is InChI=1S/C48H61N7O9/c1-30(37(20-22-41(50)56)51-45(58)40-28-35-11-4-9-34-18-19-36(49)46(59)55(40)43(34)35)64-29-32-16-14-31(15-17-32)8-6-24-62-26-27-63-25-7-12-33-10-5-13-38-44(33)53(3)48(61)54(38)39-21-23-42(57)52(2)47(39)60/h4-5,9-11,13-17,30,36-37,39-40H,6-8,12,18-29,49H2,1-3H3,(H2,50,56)(H,51,58)/t30-,36+,37+,39?,40+/m1/s1. The van der Waals surface area contributed by atoms with Gasteiger partial charge >= 0.3 is 5.69 Å². The fraction of sp³-hybridized carbons (Fsp3) is 0.500. The lowest BCUT2D eigenvalue weighted by Crippen LogP contribution is -2.55. The number of benzene rings is 3. The highest BCUT2D eigenvalue weighted by Gasteiger charge is 2.43. The van der Waals surface area contributed by atoms with Gasteiger partial charge in [-0.2, -0.15) is 0 Å². The van der Waals surface area contributed by atoms with Crippen LogP contribution in [0.4, 0.5) is 5.69 Å². The second-order valence-corrected chi connectivity index (χ2v) is 17.2. The first kappa shape index (κ1) is 46.3. The number of likely N-dealkylation sites (N-methyl/N-ethyl adjacent to an activating group) is 1. The molecule has 0 bridgehead atoms. The highest BCUT2D eigenvalue weighted by Crippen LogP contribution is 2.39. The van der Waals surface area contributed by atoms with Crippen molar-refractivity contribution in [2.75, 3.05) is 38.4 Å². The number of imide groups is 1. The van der Waals surface area contributed by atoms with E-state index in [2.05, 4.69) is 17.4 Å². The number of anilines is 1. The van der Waals surface area contributed by atoms with Crippen molar-refractivity contribution in [2.45, 2.75) is 114 Å². The first-order chi connectivity index (χ1) is 30.8. The van der Waals surface area contributed by atoms with Gasteiger partial charge in [-0.25, -0.2) is 4.79 Å². The molecule has 3 aromatic carbocycles. The monoisotopic (exact) mass is 879 g/mol. The van der Waals surface area contributed by atoms with Crippen molar-refractivity contribution in [1.29, 1.82) is 0 Å². The molecule has 16 heteroatoms. The molecule has 16 nitrogen and oxygen atoms in total. The number of fused-ring (bicyclic) bond motifs is 1. The summed E-state index contributed by atoms with van der Waals surface area (Å²) >= 11 is 0. The number of para-hydroxylation sites is 2. The molecule has 7 rings (SSSR count). The van der Waals surface area contributed by atoms with Crippen molar-refractivity contribution in [2.24, 2.45) is 18.5 Å². The summed E-state index contributed by atoms with van der Waals surface area (Å²) in [5.41, 5.74) is 18.8. The van der Waals surface area contributed by atoms with Crippen LogP contribution in [0, 0.1) is 0 Å². The highest BCUT2D eigenvalue weighted by molar-refractivity contribution is 6.07. The Labute approximate surface area is 373 Å². The number of likely N-dealkylation sites (tertiary alicyclic amines) is 1. The predicted molar refractivity (Wildman–Crippen MR) is 240 cm³/mol. The van der Waals surface area contributed by atoms with Gasteiger partial charge in [-0.3, -0.25) is 42.9 Å². The normalized spacial score (nSPS) is 19.5. The van der Waals surface area contributed by atoms with Crippen LogP contribution < -0.4 is 27.4 Å². The molecule has 0 radical (unpaired) electrons. The number of rotatable bonds is 21. The second kappa shape index (κ2) is 20.9. The number of ether oxygens (including phenoxy) is 3. The van der Waals surface area contributed by atoms with Gasteiger partial charge in [0.15, 0.2) is 0 Å². The number of imidazole rings is 1. The van der Waals surface area contributed by atoms with Crippen LogP contribution >= 0.6 is 0 Å². The quantitative estimate of drug-likeness (QED) is 0.0823. The van der Waals surface area contributed by atoms with E-state index in [-0.39, 0.29) is 42.2 Å². The lowest BCUT2D eigenvalue weighted by atomic mass is 10.0. The van der Waals surface area contributed by atoms with Crippen molar-refractivity contribution >= 4 is 46.3 Å². The molecule has 5 N–H and O–H groups in total. The summed E-state index contributed by atoms with van der Waals surface area (Å²) in [7, 11) is 3.18. The molecule has 1 aromatic heterocycles. The van der Waals surface area contributed by atoms with Gasteiger partial charge in [0.25, 0.3) is 5.91 Å². The van der Waals surface area contributed by atoms with Gasteiger partial charge in [0.1, 0.15) is 12.1 Å². The number of nitrogens with zero attached hydrogens (tertiary/aromatic N) is 4. The molecule has 5 amide bonds. The van der Waals surface area contributed by atoms with E-state index in [1.807, 2.05) is 55.5 Å². The van der Waals surface area contributed by atoms with E-state index < -0.39 is 36.2 Å². The van der Waals surface area contributed by atoms with E-state index in [0.29, 0.717) is 77.1 Å². The first-order valence-corrected chi connectivity index (χ1v) is 22.5. The van der Waals surface area contributed by atoms with Crippen LogP contribution in [0.25, 0.3) is 11.0 Å². The molecule has 1 saturated heterocycles. The molecule has 3 aliphatic rings. The number of nitrogens with one attached hydrogen (secondary N) is 1. The SMILES string of the molecule is C[C@@H](OCc1ccc(CCCOCCOCCCc2cccc3c2n(C)c(=O)n3C2CCC(=O)N(C)C2=O)cc1)[C@H](CCC(N)=O)NC(=O)[C@@H]1Cc2cccc3c2N1C(=O)[C@@H](N)CC3. The van der Waals surface area contributed by atoms with Gasteiger partial charge in [0, 0.05) is 46.6 Å². The molecule has 1 fully saturated rings. The zero-order valence-electron chi connectivity index (χ0n) is 37.1. The molecule has 4 aromatic rings. The Morgan fingerprint density at radius 2 is 1.52 bits per heavy atom. The number of hydrogen-bond acceptors (Lipinski definition) is 10. The largest absolute Gasteiger partial charge is 0.379 e.